The van der Waals surface area contributed by atoms with Gasteiger partial charge in [-0.15, -0.1) is 22.7 Å². The Morgan fingerprint density at radius 2 is 2.19 bits per heavy atom. The Balaban J connectivity index is 1.64. The number of aromatic nitrogens is 1. The SMILES string of the molecule is CCNC(=NCC(O)c1ccc(Cl)s1)N(C)Cc1nc2c(s1)CCCC2. The van der Waals surface area contributed by atoms with Crippen LogP contribution in [0.25, 0.3) is 0 Å². The minimum atomic E-state index is -0.637. The highest BCUT2D eigenvalue weighted by Crippen LogP contribution is 2.28. The van der Waals surface area contributed by atoms with Crippen molar-refractivity contribution in [1.29, 1.82) is 0 Å². The van der Waals surface area contributed by atoms with Crippen LogP contribution < -0.4 is 5.32 Å². The largest absolute Gasteiger partial charge is 0.386 e. The average molecular weight is 413 g/mol. The number of nitrogens with one attached hydrogen (secondary N) is 1. The summed E-state index contributed by atoms with van der Waals surface area (Å²) in [6.07, 6.45) is 4.17. The molecule has 2 heterocycles. The van der Waals surface area contributed by atoms with Crippen LogP contribution in [-0.4, -0.2) is 41.1 Å². The summed E-state index contributed by atoms with van der Waals surface area (Å²) in [5, 5.41) is 14.8. The molecule has 0 aliphatic heterocycles. The number of nitrogens with zero attached hydrogens (tertiary/aromatic N) is 3. The van der Waals surface area contributed by atoms with E-state index in [9.17, 15) is 5.11 Å². The third-order valence-corrected chi connectivity index (χ3v) is 6.77. The number of thiophene rings is 1. The monoisotopic (exact) mass is 412 g/mol. The van der Waals surface area contributed by atoms with E-state index in [2.05, 4.69) is 15.2 Å². The molecule has 5 nitrogen and oxygen atoms in total. The van der Waals surface area contributed by atoms with Crippen LogP contribution in [0.4, 0.5) is 0 Å². The molecular weight excluding hydrogens is 388 g/mol. The smallest absolute Gasteiger partial charge is 0.194 e. The van der Waals surface area contributed by atoms with E-state index in [0.29, 0.717) is 10.9 Å². The predicted octanol–water partition coefficient (Wildman–Crippen LogP) is 3.87. The second-order valence-electron chi connectivity index (χ2n) is 6.39. The molecule has 142 valence electrons. The maximum Gasteiger partial charge on any atom is 0.194 e. The Hall–Kier alpha value is -1.15. The summed E-state index contributed by atoms with van der Waals surface area (Å²) < 4.78 is 0.680. The Labute approximate surface area is 167 Å². The van der Waals surface area contributed by atoms with Crippen LogP contribution in [0.15, 0.2) is 17.1 Å². The molecule has 2 N–H and O–H groups in total. The fourth-order valence-electron chi connectivity index (χ4n) is 2.99. The van der Waals surface area contributed by atoms with Crippen molar-refractivity contribution in [2.75, 3.05) is 20.1 Å². The van der Waals surface area contributed by atoms with E-state index >= 15 is 0 Å². The molecule has 2 aromatic rings. The van der Waals surface area contributed by atoms with Gasteiger partial charge in [0, 0.05) is 23.3 Å². The molecule has 0 fully saturated rings. The zero-order chi connectivity index (χ0) is 18.5. The first kappa shape index (κ1) is 19.6. The molecule has 1 atom stereocenters. The predicted molar refractivity (Wildman–Crippen MR) is 110 cm³/mol. The zero-order valence-corrected chi connectivity index (χ0v) is 17.6. The van der Waals surface area contributed by atoms with Crippen molar-refractivity contribution >= 4 is 40.2 Å². The van der Waals surface area contributed by atoms with Crippen LogP contribution in [0, 0.1) is 0 Å². The molecule has 0 amide bonds. The molecule has 0 saturated carbocycles. The van der Waals surface area contributed by atoms with Gasteiger partial charge in [0.1, 0.15) is 11.1 Å². The maximum absolute atomic E-state index is 10.3. The summed E-state index contributed by atoms with van der Waals surface area (Å²) in [5.41, 5.74) is 1.29. The molecule has 3 rings (SSSR count). The summed E-state index contributed by atoms with van der Waals surface area (Å²) in [4.78, 5) is 13.8. The van der Waals surface area contributed by atoms with E-state index in [0.717, 1.165) is 35.4 Å². The van der Waals surface area contributed by atoms with Gasteiger partial charge in [0.25, 0.3) is 0 Å². The van der Waals surface area contributed by atoms with Gasteiger partial charge in [0.05, 0.1) is 23.1 Å². The highest BCUT2D eigenvalue weighted by molar-refractivity contribution is 7.16. The van der Waals surface area contributed by atoms with Gasteiger partial charge in [-0.1, -0.05) is 11.6 Å². The highest BCUT2D eigenvalue weighted by atomic mass is 35.5. The Bertz CT molecular complexity index is 735. The number of aliphatic hydroxyl groups excluding tert-OH is 1. The van der Waals surface area contributed by atoms with Gasteiger partial charge in [-0.05, 0) is 44.7 Å². The van der Waals surface area contributed by atoms with E-state index < -0.39 is 6.10 Å². The lowest BCUT2D eigenvalue weighted by atomic mass is 10.0. The first-order chi connectivity index (χ1) is 12.6. The lowest BCUT2D eigenvalue weighted by Crippen LogP contribution is -2.38. The number of thiazole rings is 1. The summed E-state index contributed by atoms with van der Waals surface area (Å²) >= 11 is 9.16. The van der Waals surface area contributed by atoms with Gasteiger partial charge in [0.15, 0.2) is 5.96 Å². The van der Waals surface area contributed by atoms with Crippen LogP contribution in [0.1, 0.15) is 46.3 Å². The molecule has 0 radical (unpaired) electrons. The zero-order valence-electron chi connectivity index (χ0n) is 15.2. The van der Waals surface area contributed by atoms with E-state index in [4.69, 9.17) is 16.6 Å². The van der Waals surface area contributed by atoms with Crippen LogP contribution in [-0.2, 0) is 19.4 Å². The minimum Gasteiger partial charge on any atom is -0.386 e. The van der Waals surface area contributed by atoms with Gasteiger partial charge in [0.2, 0.25) is 0 Å². The maximum atomic E-state index is 10.3. The first-order valence-corrected chi connectivity index (χ1v) is 11.0. The summed E-state index contributed by atoms with van der Waals surface area (Å²) in [6, 6.07) is 3.65. The van der Waals surface area contributed by atoms with Gasteiger partial charge < -0.3 is 15.3 Å². The van der Waals surface area contributed by atoms with E-state index in [-0.39, 0.29) is 0 Å². The van der Waals surface area contributed by atoms with Crippen molar-refractivity contribution in [3.63, 3.8) is 0 Å². The van der Waals surface area contributed by atoms with Crippen LogP contribution in [0.2, 0.25) is 4.34 Å². The van der Waals surface area contributed by atoms with Crippen molar-refractivity contribution in [3.05, 3.63) is 36.9 Å². The average Bonchev–Trinajstić information content (AvgIpc) is 3.23. The minimum absolute atomic E-state index is 0.303. The molecule has 0 spiro atoms. The molecule has 0 aromatic carbocycles. The third kappa shape index (κ3) is 4.97. The fourth-order valence-corrected chi connectivity index (χ4v) is 5.24. The number of guanidine groups is 1. The van der Waals surface area contributed by atoms with E-state index in [1.807, 2.05) is 31.4 Å². The molecule has 0 bridgehead atoms. The third-order valence-electron chi connectivity index (χ3n) is 4.30. The number of aryl methyl sites for hydroxylation is 2. The van der Waals surface area contributed by atoms with Gasteiger partial charge in [-0.2, -0.15) is 0 Å². The molecule has 1 aliphatic carbocycles. The number of rotatable bonds is 6. The summed E-state index contributed by atoms with van der Waals surface area (Å²) in [7, 11) is 2.01. The van der Waals surface area contributed by atoms with Gasteiger partial charge in [-0.25, -0.2) is 4.98 Å². The molecule has 26 heavy (non-hydrogen) atoms. The highest BCUT2D eigenvalue weighted by Gasteiger charge is 2.17. The number of aliphatic hydroxyl groups is 1. The van der Waals surface area contributed by atoms with Crippen LogP contribution >= 0.6 is 34.3 Å². The Morgan fingerprint density at radius 1 is 1.38 bits per heavy atom. The second-order valence-corrected chi connectivity index (χ2v) is 9.31. The van der Waals surface area contributed by atoms with Gasteiger partial charge in [-0.3, -0.25) is 4.99 Å². The van der Waals surface area contributed by atoms with Crippen LogP contribution in [0.5, 0.6) is 0 Å². The molecule has 2 aromatic heterocycles. The van der Waals surface area contributed by atoms with Gasteiger partial charge >= 0.3 is 0 Å². The van der Waals surface area contributed by atoms with Crippen molar-refractivity contribution in [2.45, 2.75) is 45.3 Å². The number of aliphatic imine (C=N–C) groups is 1. The molecular formula is C18H25ClN4OS2. The van der Waals surface area contributed by atoms with Crippen LogP contribution in [0.3, 0.4) is 0 Å². The van der Waals surface area contributed by atoms with Crippen molar-refractivity contribution < 1.29 is 5.11 Å². The number of hydrogen-bond donors (Lipinski definition) is 2. The molecule has 0 saturated heterocycles. The normalized spacial score (nSPS) is 15.6. The van der Waals surface area contributed by atoms with E-state index in [1.54, 1.807) is 6.07 Å². The second kappa shape index (κ2) is 9.17. The quantitative estimate of drug-likeness (QED) is 0.558. The first-order valence-electron chi connectivity index (χ1n) is 8.97. The van der Waals surface area contributed by atoms with Crippen molar-refractivity contribution in [1.82, 2.24) is 15.2 Å². The molecule has 1 unspecified atom stereocenters. The van der Waals surface area contributed by atoms with E-state index in [1.165, 1.54) is 41.2 Å². The summed E-state index contributed by atoms with van der Waals surface area (Å²) in [6.45, 7) is 3.85. The Morgan fingerprint density at radius 3 is 2.88 bits per heavy atom. The van der Waals surface area contributed by atoms with Crippen molar-refractivity contribution in [3.8, 4) is 0 Å². The lowest BCUT2D eigenvalue weighted by molar-refractivity contribution is 0.190. The molecule has 8 heteroatoms. The Kier molecular flexibility index (Phi) is 6.92. The number of hydrogen-bond acceptors (Lipinski definition) is 5. The standard InChI is InChI=1S/C18H25ClN4OS2/c1-3-20-18(21-10-13(24)15-8-9-16(19)25-15)23(2)11-17-22-12-6-4-5-7-14(12)26-17/h8-9,13,24H,3-7,10-11H2,1-2H3,(H,20,21). The summed E-state index contributed by atoms with van der Waals surface area (Å²) in [5.74, 6) is 0.780. The fraction of sp³-hybridized carbons (Fsp3) is 0.556. The van der Waals surface area contributed by atoms with Crippen molar-refractivity contribution in [2.24, 2.45) is 4.99 Å². The number of fused-ring (bicyclic) bond motifs is 1. The molecule has 1 aliphatic rings. The lowest BCUT2D eigenvalue weighted by Gasteiger charge is -2.21. The topological polar surface area (TPSA) is 60.8 Å². The number of halogens is 1.